The van der Waals surface area contributed by atoms with Crippen molar-refractivity contribution in [3.05, 3.63) is 23.8 Å². The van der Waals surface area contributed by atoms with E-state index in [1.54, 1.807) is 21.3 Å². The lowest BCUT2D eigenvalue weighted by Gasteiger charge is -2.11. The highest BCUT2D eigenvalue weighted by Gasteiger charge is 2.04. The molecule has 0 aliphatic heterocycles. The number of nitrogens with two attached hydrogens (primary N) is 1. The average molecular weight is 281 g/mol. The summed E-state index contributed by atoms with van der Waals surface area (Å²) in [5, 5.41) is 3.00. The maximum atomic E-state index is 5.78. The molecule has 0 spiro atoms. The molecular formula is C14H23N3O3. The molecule has 0 fully saturated rings. The number of aliphatic imine (C=N–C) groups is 1. The topological polar surface area (TPSA) is 78.1 Å². The van der Waals surface area contributed by atoms with E-state index in [0.29, 0.717) is 30.5 Å². The molecule has 0 aliphatic carbocycles. The fraction of sp³-hybridized carbons (Fsp3) is 0.500. The number of nitrogens with zero attached hydrogens (tertiary/aromatic N) is 1. The van der Waals surface area contributed by atoms with Gasteiger partial charge in [0.25, 0.3) is 0 Å². The second-order valence-corrected chi connectivity index (χ2v) is 4.32. The van der Waals surface area contributed by atoms with Crippen LogP contribution in [0.25, 0.3) is 0 Å². The number of guanidine groups is 1. The van der Waals surface area contributed by atoms with E-state index in [9.17, 15) is 0 Å². The molecule has 0 amide bonds. The van der Waals surface area contributed by atoms with Gasteiger partial charge in [-0.25, -0.2) is 4.99 Å². The van der Waals surface area contributed by atoms with Crippen molar-refractivity contribution in [1.82, 2.24) is 5.32 Å². The molecule has 20 heavy (non-hydrogen) atoms. The van der Waals surface area contributed by atoms with Crippen LogP contribution in [0.4, 0.5) is 0 Å². The molecule has 1 rings (SSSR count). The van der Waals surface area contributed by atoms with E-state index in [2.05, 4.69) is 10.3 Å². The molecule has 3 N–H and O–H groups in total. The van der Waals surface area contributed by atoms with Crippen molar-refractivity contribution in [2.75, 3.05) is 27.9 Å². The third kappa shape index (κ3) is 4.97. The van der Waals surface area contributed by atoms with Crippen LogP contribution in [-0.2, 0) is 11.3 Å². The van der Waals surface area contributed by atoms with Crippen LogP contribution in [0, 0.1) is 0 Å². The molecular weight excluding hydrogens is 258 g/mol. The van der Waals surface area contributed by atoms with E-state index in [-0.39, 0.29) is 6.10 Å². The van der Waals surface area contributed by atoms with Gasteiger partial charge in [0.2, 0.25) is 0 Å². The van der Waals surface area contributed by atoms with Gasteiger partial charge in [0.1, 0.15) is 0 Å². The van der Waals surface area contributed by atoms with Crippen LogP contribution in [0.3, 0.4) is 0 Å². The Bertz CT molecular complexity index is 449. The first-order chi connectivity index (χ1) is 9.60. The lowest BCUT2D eigenvalue weighted by Crippen LogP contribution is -2.37. The lowest BCUT2D eigenvalue weighted by molar-refractivity contribution is 0.121. The molecule has 112 valence electrons. The highest BCUT2D eigenvalue weighted by molar-refractivity contribution is 5.77. The molecule has 6 nitrogen and oxygen atoms in total. The molecule has 1 aromatic rings. The predicted molar refractivity (Wildman–Crippen MR) is 79.3 cm³/mol. The van der Waals surface area contributed by atoms with Crippen molar-refractivity contribution in [2.24, 2.45) is 10.7 Å². The van der Waals surface area contributed by atoms with Gasteiger partial charge in [0, 0.05) is 13.7 Å². The van der Waals surface area contributed by atoms with Crippen molar-refractivity contribution in [3.8, 4) is 11.5 Å². The number of hydrogen-bond donors (Lipinski definition) is 2. The van der Waals surface area contributed by atoms with Gasteiger partial charge in [-0.1, -0.05) is 6.07 Å². The molecule has 0 aliphatic rings. The van der Waals surface area contributed by atoms with Crippen LogP contribution < -0.4 is 20.5 Å². The van der Waals surface area contributed by atoms with Gasteiger partial charge in [0.15, 0.2) is 17.5 Å². The molecule has 1 atom stereocenters. The first-order valence-electron chi connectivity index (χ1n) is 6.38. The predicted octanol–water partition coefficient (Wildman–Crippen LogP) is 1.14. The molecule has 0 heterocycles. The van der Waals surface area contributed by atoms with Crippen LogP contribution in [-0.4, -0.2) is 39.9 Å². The van der Waals surface area contributed by atoms with Crippen LogP contribution >= 0.6 is 0 Å². The number of ether oxygens (including phenoxy) is 3. The molecule has 6 heteroatoms. The van der Waals surface area contributed by atoms with Gasteiger partial charge in [-0.2, -0.15) is 0 Å². The highest BCUT2D eigenvalue weighted by atomic mass is 16.5. The molecule has 0 bridgehead atoms. The van der Waals surface area contributed by atoms with Crippen LogP contribution in [0.5, 0.6) is 11.5 Å². The van der Waals surface area contributed by atoms with E-state index in [4.69, 9.17) is 19.9 Å². The fourth-order valence-electron chi connectivity index (χ4n) is 1.54. The molecule has 0 saturated carbocycles. The quantitative estimate of drug-likeness (QED) is 0.579. The summed E-state index contributed by atoms with van der Waals surface area (Å²) in [6.45, 7) is 3.05. The van der Waals surface area contributed by atoms with Crippen LogP contribution in [0.1, 0.15) is 12.5 Å². The molecule has 0 unspecified atom stereocenters. The second-order valence-electron chi connectivity index (χ2n) is 4.32. The number of nitrogens with one attached hydrogen (secondary N) is 1. The third-order valence-corrected chi connectivity index (χ3v) is 2.85. The first kappa shape index (κ1) is 16.1. The minimum absolute atomic E-state index is 0.0878. The largest absolute Gasteiger partial charge is 0.493 e. The highest BCUT2D eigenvalue weighted by Crippen LogP contribution is 2.27. The van der Waals surface area contributed by atoms with Gasteiger partial charge >= 0.3 is 0 Å². The van der Waals surface area contributed by atoms with Crippen molar-refractivity contribution >= 4 is 5.96 Å². The zero-order valence-electron chi connectivity index (χ0n) is 12.5. The minimum atomic E-state index is 0.0878. The lowest BCUT2D eigenvalue weighted by atomic mass is 10.2. The summed E-state index contributed by atoms with van der Waals surface area (Å²) in [5.41, 5.74) is 6.77. The summed E-state index contributed by atoms with van der Waals surface area (Å²) >= 11 is 0. The van der Waals surface area contributed by atoms with E-state index in [0.717, 1.165) is 5.56 Å². The van der Waals surface area contributed by atoms with Crippen molar-refractivity contribution in [1.29, 1.82) is 0 Å². The van der Waals surface area contributed by atoms with Crippen LogP contribution in [0.15, 0.2) is 23.2 Å². The Hall–Kier alpha value is -1.95. The smallest absolute Gasteiger partial charge is 0.189 e. The molecule has 0 aromatic heterocycles. The molecule has 1 aromatic carbocycles. The zero-order valence-corrected chi connectivity index (χ0v) is 12.5. The minimum Gasteiger partial charge on any atom is -0.493 e. The summed E-state index contributed by atoms with van der Waals surface area (Å²) < 4.78 is 15.5. The Morgan fingerprint density at radius 1 is 1.25 bits per heavy atom. The summed E-state index contributed by atoms with van der Waals surface area (Å²) in [6, 6.07) is 5.66. The Labute approximate surface area is 119 Å². The SMILES string of the molecule is COc1ccc(CN=C(N)NC[C@H](C)OC)cc1OC. The van der Waals surface area contributed by atoms with Gasteiger partial charge in [0.05, 0.1) is 26.9 Å². The van der Waals surface area contributed by atoms with Crippen molar-refractivity contribution in [2.45, 2.75) is 19.6 Å². The maximum absolute atomic E-state index is 5.78. The van der Waals surface area contributed by atoms with Crippen molar-refractivity contribution < 1.29 is 14.2 Å². The number of methoxy groups -OCH3 is 3. The fourth-order valence-corrected chi connectivity index (χ4v) is 1.54. The van der Waals surface area contributed by atoms with Gasteiger partial charge in [-0.15, -0.1) is 0 Å². The first-order valence-corrected chi connectivity index (χ1v) is 6.38. The second kappa shape index (κ2) is 8.27. The van der Waals surface area contributed by atoms with E-state index in [1.807, 2.05) is 25.1 Å². The van der Waals surface area contributed by atoms with Crippen LogP contribution in [0.2, 0.25) is 0 Å². The standard InChI is InChI=1S/C14H23N3O3/c1-10(18-2)8-16-14(15)17-9-11-5-6-12(19-3)13(7-11)20-4/h5-7,10H,8-9H2,1-4H3,(H3,15,16,17)/t10-/m0/s1. The maximum Gasteiger partial charge on any atom is 0.189 e. The Morgan fingerprint density at radius 2 is 1.95 bits per heavy atom. The van der Waals surface area contributed by atoms with Gasteiger partial charge in [-0.3, -0.25) is 0 Å². The summed E-state index contributed by atoms with van der Waals surface area (Å²) in [6.07, 6.45) is 0.0878. The summed E-state index contributed by atoms with van der Waals surface area (Å²) in [7, 11) is 4.87. The monoisotopic (exact) mass is 281 g/mol. The van der Waals surface area contributed by atoms with Gasteiger partial charge in [-0.05, 0) is 24.6 Å². The summed E-state index contributed by atoms with van der Waals surface area (Å²) in [5.74, 6) is 1.77. The molecule has 0 saturated heterocycles. The normalized spacial score (nSPS) is 12.9. The zero-order chi connectivity index (χ0) is 15.0. The van der Waals surface area contributed by atoms with E-state index < -0.39 is 0 Å². The Balaban J connectivity index is 2.60. The Morgan fingerprint density at radius 3 is 2.55 bits per heavy atom. The summed E-state index contributed by atoms with van der Waals surface area (Å²) in [4.78, 5) is 4.26. The van der Waals surface area contributed by atoms with E-state index >= 15 is 0 Å². The number of rotatable bonds is 7. The molecule has 0 radical (unpaired) electrons. The number of hydrogen-bond acceptors (Lipinski definition) is 4. The Kier molecular flexibility index (Phi) is 6.66. The number of benzene rings is 1. The van der Waals surface area contributed by atoms with Gasteiger partial charge < -0.3 is 25.3 Å². The van der Waals surface area contributed by atoms with E-state index in [1.165, 1.54) is 0 Å². The third-order valence-electron chi connectivity index (χ3n) is 2.85. The average Bonchev–Trinajstić information content (AvgIpc) is 2.49. The van der Waals surface area contributed by atoms with Crippen molar-refractivity contribution in [3.63, 3.8) is 0 Å².